The molecule has 32 heavy (non-hydrogen) atoms. The molecular weight excluding hydrogens is 523 g/mol. The van der Waals surface area contributed by atoms with Crippen LogP contribution in [0.3, 0.4) is 0 Å². The number of nitrogens with zero attached hydrogens (tertiary/aromatic N) is 2. The number of hydrogen-bond donors (Lipinski definition) is 2. The van der Waals surface area contributed by atoms with Gasteiger partial charge in [-0.25, -0.2) is 4.79 Å². The fraction of sp³-hybridized carbons (Fsp3) is 0.435. The van der Waals surface area contributed by atoms with Gasteiger partial charge in [0.05, 0.1) is 13.7 Å². The third-order valence-electron chi connectivity index (χ3n) is 5.39. The highest BCUT2D eigenvalue weighted by Crippen LogP contribution is 2.18. The largest absolute Gasteiger partial charge is 0.465 e. The van der Waals surface area contributed by atoms with E-state index in [0.29, 0.717) is 42.6 Å². The molecule has 0 saturated carbocycles. The van der Waals surface area contributed by atoms with E-state index in [1.807, 2.05) is 23.1 Å². The number of carbonyl (C=O) groups is 2. The Balaban J connectivity index is 0.00000363. The second-order valence-corrected chi connectivity index (χ2v) is 7.63. The molecule has 1 atom stereocenters. The Morgan fingerprint density at radius 3 is 2.72 bits per heavy atom. The SMILES string of the molecule is CN=C(NCc1cc(C(=O)OC)c(C)o1)NCC1CC(=O)N(CCc2ccccc2)C1.I. The summed E-state index contributed by atoms with van der Waals surface area (Å²) in [4.78, 5) is 30.2. The summed E-state index contributed by atoms with van der Waals surface area (Å²) in [6.07, 6.45) is 1.41. The molecule has 9 heteroatoms. The Labute approximate surface area is 205 Å². The van der Waals surface area contributed by atoms with Crippen molar-refractivity contribution >= 4 is 41.8 Å². The maximum atomic E-state index is 12.3. The second kappa shape index (κ2) is 12.5. The summed E-state index contributed by atoms with van der Waals surface area (Å²) in [6.45, 7) is 4.24. The Hall–Kier alpha value is -2.56. The number of carbonyl (C=O) groups excluding carboxylic acids is 2. The van der Waals surface area contributed by atoms with Crippen LogP contribution in [0.2, 0.25) is 0 Å². The van der Waals surface area contributed by atoms with Crippen molar-refractivity contribution < 1.29 is 18.7 Å². The zero-order valence-corrected chi connectivity index (χ0v) is 21.1. The van der Waals surface area contributed by atoms with Gasteiger partial charge in [0, 0.05) is 39.0 Å². The van der Waals surface area contributed by atoms with E-state index in [4.69, 9.17) is 9.15 Å². The predicted octanol–water partition coefficient (Wildman–Crippen LogP) is 2.75. The maximum absolute atomic E-state index is 12.3. The first-order chi connectivity index (χ1) is 15.0. The zero-order chi connectivity index (χ0) is 22.2. The van der Waals surface area contributed by atoms with Gasteiger partial charge in [-0.3, -0.25) is 9.79 Å². The quantitative estimate of drug-likeness (QED) is 0.226. The van der Waals surface area contributed by atoms with Crippen LogP contribution < -0.4 is 10.6 Å². The predicted molar refractivity (Wildman–Crippen MR) is 133 cm³/mol. The number of aliphatic imine (C=N–C) groups is 1. The van der Waals surface area contributed by atoms with Gasteiger partial charge in [-0.1, -0.05) is 30.3 Å². The Morgan fingerprint density at radius 2 is 2.03 bits per heavy atom. The summed E-state index contributed by atoms with van der Waals surface area (Å²) in [6, 6.07) is 11.9. The number of halogens is 1. The molecule has 0 radical (unpaired) electrons. The van der Waals surface area contributed by atoms with Crippen LogP contribution in [0.5, 0.6) is 0 Å². The van der Waals surface area contributed by atoms with Gasteiger partial charge < -0.3 is 24.7 Å². The molecule has 0 aliphatic carbocycles. The maximum Gasteiger partial charge on any atom is 0.341 e. The Morgan fingerprint density at radius 1 is 1.28 bits per heavy atom. The van der Waals surface area contributed by atoms with E-state index in [-0.39, 0.29) is 35.8 Å². The number of ether oxygens (including phenoxy) is 1. The van der Waals surface area contributed by atoms with Gasteiger partial charge in [-0.15, -0.1) is 24.0 Å². The average Bonchev–Trinajstić information content (AvgIpc) is 3.34. The van der Waals surface area contributed by atoms with Crippen molar-refractivity contribution in [1.82, 2.24) is 15.5 Å². The van der Waals surface area contributed by atoms with E-state index >= 15 is 0 Å². The first kappa shape index (κ1) is 25.7. The number of esters is 1. The summed E-state index contributed by atoms with van der Waals surface area (Å²) >= 11 is 0. The molecular formula is C23H31IN4O4. The monoisotopic (exact) mass is 554 g/mol. The number of guanidine groups is 1. The minimum Gasteiger partial charge on any atom is -0.465 e. The number of hydrogen-bond acceptors (Lipinski definition) is 5. The zero-order valence-electron chi connectivity index (χ0n) is 18.7. The number of furan rings is 1. The lowest BCUT2D eigenvalue weighted by atomic mass is 10.1. The van der Waals surface area contributed by atoms with Crippen LogP contribution in [0.1, 0.15) is 33.9 Å². The lowest BCUT2D eigenvalue weighted by Crippen LogP contribution is -2.40. The van der Waals surface area contributed by atoms with Crippen molar-refractivity contribution in [2.75, 3.05) is 33.8 Å². The fourth-order valence-corrected chi connectivity index (χ4v) is 3.69. The van der Waals surface area contributed by atoms with E-state index < -0.39 is 5.97 Å². The highest BCUT2D eigenvalue weighted by atomic mass is 127. The Bertz CT molecular complexity index is 929. The fourth-order valence-electron chi connectivity index (χ4n) is 3.69. The molecule has 3 rings (SSSR count). The Kier molecular flexibility index (Phi) is 10.0. The lowest BCUT2D eigenvalue weighted by Gasteiger charge is -2.17. The number of benzene rings is 1. The van der Waals surface area contributed by atoms with Crippen LogP contribution in [0, 0.1) is 12.8 Å². The highest BCUT2D eigenvalue weighted by molar-refractivity contribution is 14.0. The number of aryl methyl sites for hydroxylation is 1. The third kappa shape index (κ3) is 6.98. The second-order valence-electron chi connectivity index (χ2n) is 7.63. The minimum absolute atomic E-state index is 0. The first-order valence-electron chi connectivity index (χ1n) is 10.4. The number of methoxy groups -OCH3 is 1. The van der Waals surface area contributed by atoms with E-state index in [9.17, 15) is 9.59 Å². The molecule has 0 bridgehead atoms. The summed E-state index contributed by atoms with van der Waals surface area (Å²) in [5, 5.41) is 6.45. The molecule has 174 valence electrons. The van der Waals surface area contributed by atoms with Gasteiger partial charge in [0.2, 0.25) is 5.91 Å². The summed E-state index contributed by atoms with van der Waals surface area (Å²) in [5.74, 6) is 1.77. The molecule has 1 aliphatic rings. The summed E-state index contributed by atoms with van der Waals surface area (Å²) in [5.41, 5.74) is 1.66. The molecule has 1 fully saturated rings. The molecule has 1 aliphatic heterocycles. The molecule has 1 aromatic carbocycles. The van der Waals surface area contributed by atoms with E-state index in [1.165, 1.54) is 12.7 Å². The molecule has 1 unspecified atom stereocenters. The number of amides is 1. The average molecular weight is 554 g/mol. The first-order valence-corrected chi connectivity index (χ1v) is 10.4. The van der Waals surface area contributed by atoms with E-state index in [2.05, 4.69) is 27.8 Å². The van der Waals surface area contributed by atoms with Crippen LogP contribution in [0.15, 0.2) is 45.8 Å². The number of nitrogens with one attached hydrogen (secondary N) is 2. The third-order valence-corrected chi connectivity index (χ3v) is 5.39. The van der Waals surface area contributed by atoms with Crippen LogP contribution in [0.4, 0.5) is 0 Å². The van der Waals surface area contributed by atoms with Crippen LogP contribution in [-0.2, 0) is 22.5 Å². The van der Waals surface area contributed by atoms with Crippen LogP contribution >= 0.6 is 24.0 Å². The van der Waals surface area contributed by atoms with Crippen molar-refractivity contribution in [3.8, 4) is 0 Å². The standard InChI is InChI=1S/C23H30N4O4.HI/c1-16-20(22(29)30-3)12-19(31-16)14-26-23(24-2)25-13-18-11-21(28)27(15-18)10-9-17-7-5-4-6-8-17;/h4-8,12,18H,9-11,13-15H2,1-3H3,(H2,24,25,26);1H. The molecule has 0 spiro atoms. The molecule has 1 aromatic heterocycles. The lowest BCUT2D eigenvalue weighted by molar-refractivity contribution is -0.127. The van der Waals surface area contributed by atoms with Gasteiger partial charge in [0.25, 0.3) is 0 Å². The molecule has 2 N–H and O–H groups in total. The number of likely N-dealkylation sites (tertiary alicyclic amines) is 1. The van der Waals surface area contributed by atoms with Crippen molar-refractivity contribution in [1.29, 1.82) is 0 Å². The van der Waals surface area contributed by atoms with Crippen LogP contribution in [-0.4, -0.2) is 56.5 Å². The van der Waals surface area contributed by atoms with Crippen molar-refractivity contribution in [3.63, 3.8) is 0 Å². The normalized spacial score (nSPS) is 16.0. The van der Waals surface area contributed by atoms with Gasteiger partial charge in [0.1, 0.15) is 17.1 Å². The van der Waals surface area contributed by atoms with Gasteiger partial charge in [-0.2, -0.15) is 0 Å². The smallest absolute Gasteiger partial charge is 0.341 e. The minimum atomic E-state index is -0.419. The molecule has 1 saturated heterocycles. The van der Waals surface area contributed by atoms with Crippen LogP contribution in [0.25, 0.3) is 0 Å². The van der Waals surface area contributed by atoms with E-state index in [0.717, 1.165) is 19.5 Å². The van der Waals surface area contributed by atoms with Gasteiger partial charge in [-0.05, 0) is 25.0 Å². The van der Waals surface area contributed by atoms with Crippen molar-refractivity contribution in [2.24, 2.45) is 10.9 Å². The molecule has 2 aromatic rings. The summed E-state index contributed by atoms with van der Waals surface area (Å²) in [7, 11) is 3.03. The topological polar surface area (TPSA) is 96.2 Å². The van der Waals surface area contributed by atoms with Gasteiger partial charge in [0.15, 0.2) is 5.96 Å². The van der Waals surface area contributed by atoms with Gasteiger partial charge >= 0.3 is 5.97 Å². The number of rotatable bonds is 8. The molecule has 1 amide bonds. The van der Waals surface area contributed by atoms with Crippen molar-refractivity contribution in [2.45, 2.75) is 26.3 Å². The van der Waals surface area contributed by atoms with E-state index in [1.54, 1.807) is 20.0 Å². The highest BCUT2D eigenvalue weighted by Gasteiger charge is 2.29. The molecule has 2 heterocycles. The summed E-state index contributed by atoms with van der Waals surface area (Å²) < 4.78 is 10.4. The molecule has 8 nitrogen and oxygen atoms in total. The van der Waals surface area contributed by atoms with Crippen molar-refractivity contribution in [3.05, 3.63) is 59.0 Å².